The maximum Gasteiger partial charge on any atom is 0.339 e. The monoisotopic (exact) mass is 313 g/mol. The van der Waals surface area contributed by atoms with Crippen molar-refractivity contribution in [2.45, 2.75) is 19.9 Å². The van der Waals surface area contributed by atoms with Crippen LogP contribution in [-0.4, -0.2) is 45.9 Å². The molecular formula is C17H19N3O3. The first-order chi connectivity index (χ1) is 11.1. The van der Waals surface area contributed by atoms with Crippen LogP contribution in [0, 0.1) is 0 Å². The molecule has 1 amide bonds. The number of nitrogens with zero attached hydrogens (tertiary/aromatic N) is 3. The Morgan fingerprint density at radius 2 is 1.70 bits per heavy atom. The lowest BCUT2D eigenvalue weighted by Crippen LogP contribution is -2.39. The molecule has 0 aromatic carbocycles. The van der Waals surface area contributed by atoms with Gasteiger partial charge in [-0.05, 0) is 38.1 Å². The van der Waals surface area contributed by atoms with E-state index in [4.69, 9.17) is 4.74 Å². The Morgan fingerprint density at radius 3 is 2.22 bits per heavy atom. The lowest BCUT2D eigenvalue weighted by Gasteiger charge is -2.26. The predicted molar refractivity (Wildman–Crippen MR) is 84.9 cm³/mol. The highest BCUT2D eigenvalue weighted by Gasteiger charge is 2.19. The van der Waals surface area contributed by atoms with Crippen molar-refractivity contribution < 1.29 is 14.3 Å². The summed E-state index contributed by atoms with van der Waals surface area (Å²) in [6.07, 6.45) is 6.18. The van der Waals surface area contributed by atoms with E-state index >= 15 is 0 Å². The molecule has 0 bridgehead atoms. The van der Waals surface area contributed by atoms with E-state index in [1.165, 1.54) is 12.4 Å². The van der Waals surface area contributed by atoms with Crippen LogP contribution in [-0.2, 0) is 4.74 Å². The molecule has 0 aliphatic heterocycles. The van der Waals surface area contributed by atoms with Crippen molar-refractivity contribution in [3.63, 3.8) is 0 Å². The van der Waals surface area contributed by atoms with Crippen molar-refractivity contribution in [3.8, 4) is 0 Å². The normalized spacial score (nSPS) is 10.4. The summed E-state index contributed by atoms with van der Waals surface area (Å²) >= 11 is 0. The molecule has 120 valence electrons. The van der Waals surface area contributed by atoms with Gasteiger partial charge in [0.1, 0.15) is 6.61 Å². The number of esters is 1. The zero-order chi connectivity index (χ0) is 16.7. The number of aromatic nitrogens is 2. The maximum absolute atomic E-state index is 12.5. The number of ether oxygens (including phenoxy) is 1. The van der Waals surface area contributed by atoms with E-state index in [0.29, 0.717) is 17.7 Å². The minimum Gasteiger partial charge on any atom is -0.460 e. The highest BCUT2D eigenvalue weighted by molar-refractivity contribution is 5.94. The minimum absolute atomic E-state index is 0.0141. The molecular weight excluding hydrogens is 294 g/mol. The number of amides is 1. The molecule has 0 radical (unpaired) electrons. The molecule has 2 rings (SSSR count). The summed E-state index contributed by atoms with van der Waals surface area (Å²) in [5.41, 5.74) is 0.905. The summed E-state index contributed by atoms with van der Waals surface area (Å²) in [6.45, 7) is 4.27. The second-order valence-corrected chi connectivity index (χ2v) is 5.21. The summed E-state index contributed by atoms with van der Waals surface area (Å²) in [5.74, 6) is -0.582. The van der Waals surface area contributed by atoms with Gasteiger partial charge < -0.3 is 9.64 Å². The van der Waals surface area contributed by atoms with E-state index in [0.717, 1.165) is 0 Å². The van der Waals surface area contributed by atoms with Crippen molar-refractivity contribution >= 4 is 11.9 Å². The molecule has 0 aliphatic carbocycles. The first-order valence-corrected chi connectivity index (χ1v) is 7.37. The van der Waals surface area contributed by atoms with E-state index in [9.17, 15) is 9.59 Å². The summed E-state index contributed by atoms with van der Waals surface area (Å²) in [6, 6.07) is 6.72. The Labute approximate surface area is 135 Å². The van der Waals surface area contributed by atoms with Crippen LogP contribution in [0.25, 0.3) is 0 Å². The van der Waals surface area contributed by atoms with Gasteiger partial charge in [-0.1, -0.05) is 0 Å². The largest absolute Gasteiger partial charge is 0.460 e. The number of pyridine rings is 2. The number of hydrogen-bond donors (Lipinski definition) is 0. The third-order valence-electron chi connectivity index (χ3n) is 3.26. The third-order valence-corrected chi connectivity index (χ3v) is 3.26. The quantitative estimate of drug-likeness (QED) is 0.764. The van der Waals surface area contributed by atoms with E-state index < -0.39 is 5.97 Å². The van der Waals surface area contributed by atoms with E-state index in [2.05, 4.69) is 9.97 Å². The number of hydrogen-bond acceptors (Lipinski definition) is 5. The molecule has 6 nitrogen and oxygen atoms in total. The first-order valence-electron chi connectivity index (χ1n) is 7.37. The lowest BCUT2D eigenvalue weighted by atomic mass is 10.2. The van der Waals surface area contributed by atoms with Crippen LogP contribution in [0.1, 0.15) is 34.6 Å². The Hall–Kier alpha value is -2.76. The standard InChI is InChI=1S/C17H19N3O3/c1-13(2)20(16(21)14-5-3-7-18-11-14)9-10-23-17(22)15-6-4-8-19-12-15/h3-8,11-13H,9-10H2,1-2H3. The first kappa shape index (κ1) is 16.6. The van der Waals surface area contributed by atoms with Gasteiger partial charge in [0.05, 0.1) is 17.7 Å². The molecule has 0 unspecified atom stereocenters. The van der Waals surface area contributed by atoms with Gasteiger partial charge >= 0.3 is 5.97 Å². The molecule has 0 saturated heterocycles. The lowest BCUT2D eigenvalue weighted by molar-refractivity contribution is 0.0410. The fourth-order valence-corrected chi connectivity index (χ4v) is 2.05. The SMILES string of the molecule is CC(C)N(CCOC(=O)c1cccnc1)C(=O)c1cccnc1. The molecule has 0 aliphatic rings. The van der Waals surface area contributed by atoms with Gasteiger partial charge in [0.25, 0.3) is 5.91 Å². The van der Waals surface area contributed by atoms with E-state index in [-0.39, 0.29) is 18.6 Å². The third kappa shape index (κ3) is 4.60. The summed E-state index contributed by atoms with van der Waals surface area (Å²) in [5, 5.41) is 0. The zero-order valence-corrected chi connectivity index (χ0v) is 13.2. The molecule has 0 saturated carbocycles. The molecule has 23 heavy (non-hydrogen) atoms. The summed E-state index contributed by atoms with van der Waals surface area (Å²) < 4.78 is 5.21. The number of carbonyl (C=O) groups excluding carboxylic acids is 2. The van der Waals surface area contributed by atoms with Crippen LogP contribution >= 0.6 is 0 Å². The molecule has 0 fully saturated rings. The fraction of sp³-hybridized carbons (Fsp3) is 0.294. The van der Waals surface area contributed by atoms with Gasteiger partial charge in [-0.25, -0.2) is 4.79 Å². The molecule has 2 aromatic heterocycles. The summed E-state index contributed by atoms with van der Waals surface area (Å²) in [4.78, 5) is 33.8. The maximum atomic E-state index is 12.5. The summed E-state index contributed by atoms with van der Waals surface area (Å²) in [7, 11) is 0. The van der Waals surface area contributed by atoms with Gasteiger partial charge in [0.2, 0.25) is 0 Å². The molecule has 0 N–H and O–H groups in total. The van der Waals surface area contributed by atoms with Gasteiger partial charge in [-0.2, -0.15) is 0 Å². The Bertz CT molecular complexity index is 645. The topological polar surface area (TPSA) is 72.4 Å². The zero-order valence-electron chi connectivity index (χ0n) is 13.2. The Kier molecular flexibility index (Phi) is 5.80. The van der Waals surface area contributed by atoms with Crippen LogP contribution in [0.3, 0.4) is 0 Å². The van der Waals surface area contributed by atoms with E-state index in [1.54, 1.807) is 41.6 Å². The highest BCUT2D eigenvalue weighted by atomic mass is 16.5. The minimum atomic E-state index is -0.448. The molecule has 0 spiro atoms. The van der Waals surface area contributed by atoms with Crippen molar-refractivity contribution in [1.82, 2.24) is 14.9 Å². The number of rotatable bonds is 6. The van der Waals surface area contributed by atoms with Gasteiger partial charge in [-0.3, -0.25) is 14.8 Å². The van der Waals surface area contributed by atoms with Crippen LogP contribution in [0.5, 0.6) is 0 Å². The second-order valence-electron chi connectivity index (χ2n) is 5.21. The Balaban J connectivity index is 1.93. The van der Waals surface area contributed by atoms with Crippen LogP contribution < -0.4 is 0 Å². The van der Waals surface area contributed by atoms with Crippen molar-refractivity contribution in [1.29, 1.82) is 0 Å². The molecule has 6 heteroatoms. The van der Waals surface area contributed by atoms with E-state index in [1.807, 2.05) is 13.8 Å². The Morgan fingerprint density at radius 1 is 1.09 bits per heavy atom. The molecule has 0 atom stereocenters. The van der Waals surface area contributed by atoms with Crippen LogP contribution in [0.15, 0.2) is 49.1 Å². The average Bonchev–Trinajstić information content (AvgIpc) is 2.59. The number of carbonyl (C=O) groups is 2. The smallest absolute Gasteiger partial charge is 0.339 e. The fourth-order valence-electron chi connectivity index (χ4n) is 2.05. The van der Waals surface area contributed by atoms with Crippen molar-refractivity contribution in [3.05, 3.63) is 60.2 Å². The second kappa shape index (κ2) is 8.03. The average molecular weight is 313 g/mol. The predicted octanol–water partition coefficient (Wildman–Crippen LogP) is 2.18. The van der Waals surface area contributed by atoms with Gasteiger partial charge in [-0.15, -0.1) is 0 Å². The molecule has 2 aromatic rings. The highest BCUT2D eigenvalue weighted by Crippen LogP contribution is 2.08. The van der Waals surface area contributed by atoms with Crippen molar-refractivity contribution in [2.24, 2.45) is 0 Å². The van der Waals surface area contributed by atoms with Gasteiger partial charge in [0.15, 0.2) is 0 Å². The van der Waals surface area contributed by atoms with Gasteiger partial charge in [0, 0.05) is 30.8 Å². The van der Waals surface area contributed by atoms with Crippen molar-refractivity contribution in [2.75, 3.05) is 13.2 Å². The van der Waals surface area contributed by atoms with Crippen LogP contribution in [0.2, 0.25) is 0 Å². The van der Waals surface area contributed by atoms with Crippen LogP contribution in [0.4, 0.5) is 0 Å². The molecule has 2 heterocycles.